The molecule has 0 spiro atoms. The van der Waals surface area contributed by atoms with Gasteiger partial charge in [-0.25, -0.2) is 0 Å². The topological polar surface area (TPSA) is 24.7 Å². The van der Waals surface area contributed by atoms with Gasteiger partial charge in [-0.3, -0.25) is 0 Å². The summed E-state index contributed by atoms with van der Waals surface area (Å²) in [5.41, 5.74) is 0.867. The first-order valence-electron chi connectivity index (χ1n) is 10.3. The average molecular weight is 394 g/mol. The van der Waals surface area contributed by atoms with Gasteiger partial charge in [-0.05, 0) is 0 Å². The van der Waals surface area contributed by atoms with Crippen molar-refractivity contribution >= 4 is 0 Å². The second-order valence-corrected chi connectivity index (χ2v) is 11.8. The first-order chi connectivity index (χ1) is 11.2. The van der Waals surface area contributed by atoms with Crippen molar-refractivity contribution < 1.29 is 18.2 Å². The van der Waals surface area contributed by atoms with Crippen LogP contribution in [0, 0.1) is 35.5 Å². The summed E-state index contributed by atoms with van der Waals surface area (Å²) in [7, 11) is 0. The standard InChI is InChI=1S/2C10H15N.Mo/c2*11-10-4-7-1-8(5-10)3-9(2-7)6-10;/h2*7-9H,1-6H2;/q;;+2. The van der Waals surface area contributed by atoms with E-state index in [2.05, 4.69) is 0 Å². The Bertz CT molecular complexity index is 470. The van der Waals surface area contributed by atoms with Crippen LogP contribution in [-0.2, 0) is 18.2 Å². The summed E-state index contributed by atoms with van der Waals surface area (Å²) in [4.78, 5) is 0. The summed E-state index contributed by atoms with van der Waals surface area (Å²) >= 11 is -0.456. The molecule has 8 bridgehead atoms. The van der Waals surface area contributed by atoms with Crippen LogP contribution in [0.25, 0.3) is 0 Å². The van der Waals surface area contributed by atoms with Crippen molar-refractivity contribution in [1.82, 2.24) is 0 Å². The first kappa shape index (κ1) is 14.5. The summed E-state index contributed by atoms with van der Waals surface area (Å²) in [6.45, 7) is 0. The van der Waals surface area contributed by atoms with E-state index >= 15 is 0 Å². The van der Waals surface area contributed by atoms with Crippen molar-refractivity contribution in [3.05, 3.63) is 0 Å². The number of rotatable bonds is 2. The van der Waals surface area contributed by atoms with Crippen LogP contribution in [0.5, 0.6) is 0 Å². The molecular weight excluding hydrogens is 364 g/mol. The molecule has 0 N–H and O–H groups in total. The fourth-order valence-corrected chi connectivity index (χ4v) is 10.6. The molecule has 124 valence electrons. The van der Waals surface area contributed by atoms with Crippen LogP contribution >= 0.6 is 0 Å². The molecule has 0 radical (unpaired) electrons. The molecule has 8 rings (SSSR count). The van der Waals surface area contributed by atoms with Crippen LogP contribution in [0.2, 0.25) is 0 Å². The van der Waals surface area contributed by atoms with Crippen molar-refractivity contribution in [2.45, 2.75) is 88.1 Å². The number of hydrogen-bond donors (Lipinski definition) is 0. The third-order valence-electron chi connectivity index (χ3n) is 8.48. The maximum atomic E-state index is 5.46. The summed E-state index contributed by atoms with van der Waals surface area (Å²) in [5, 5.41) is 0. The Kier molecular flexibility index (Phi) is 3.10. The van der Waals surface area contributed by atoms with Gasteiger partial charge in [0.2, 0.25) is 0 Å². The van der Waals surface area contributed by atoms with Gasteiger partial charge in [-0.15, -0.1) is 0 Å². The van der Waals surface area contributed by atoms with Gasteiger partial charge in [0.15, 0.2) is 0 Å². The van der Waals surface area contributed by atoms with E-state index in [1.165, 1.54) is 38.5 Å². The Labute approximate surface area is 148 Å². The van der Waals surface area contributed by atoms with Crippen LogP contribution in [0.3, 0.4) is 0 Å². The predicted molar refractivity (Wildman–Crippen MR) is 86.7 cm³/mol. The minimum atomic E-state index is -0.456. The molecule has 0 amide bonds. The fourth-order valence-electron chi connectivity index (χ4n) is 8.55. The molecule has 8 fully saturated rings. The molecule has 0 aliphatic heterocycles. The molecule has 8 aliphatic carbocycles. The van der Waals surface area contributed by atoms with Crippen molar-refractivity contribution in [3.8, 4) is 0 Å². The van der Waals surface area contributed by atoms with Gasteiger partial charge in [-0.1, -0.05) is 0 Å². The summed E-state index contributed by atoms with van der Waals surface area (Å²) in [5.74, 6) is 6.23. The van der Waals surface area contributed by atoms with Crippen LogP contribution in [0.15, 0.2) is 6.99 Å². The Morgan fingerprint density at radius 3 is 1.00 bits per heavy atom. The van der Waals surface area contributed by atoms with Crippen LogP contribution in [0.1, 0.15) is 77.0 Å². The van der Waals surface area contributed by atoms with Gasteiger partial charge in [0, 0.05) is 0 Å². The van der Waals surface area contributed by atoms with Gasteiger partial charge in [0.05, 0.1) is 0 Å². The van der Waals surface area contributed by atoms with Crippen molar-refractivity contribution in [2.24, 2.45) is 42.5 Å². The molecule has 23 heavy (non-hydrogen) atoms. The zero-order valence-electron chi connectivity index (χ0n) is 14.3. The predicted octanol–water partition coefficient (Wildman–Crippen LogP) is 5.37. The zero-order valence-corrected chi connectivity index (χ0v) is 16.3. The molecule has 0 aromatic heterocycles. The Balaban J connectivity index is 1.27. The summed E-state index contributed by atoms with van der Waals surface area (Å²) in [6.07, 6.45) is 17.9. The van der Waals surface area contributed by atoms with Gasteiger partial charge in [-0.2, -0.15) is 0 Å². The first-order valence-corrected chi connectivity index (χ1v) is 12.1. The van der Waals surface area contributed by atoms with Crippen molar-refractivity contribution in [2.75, 3.05) is 0 Å². The van der Waals surface area contributed by atoms with E-state index in [-0.39, 0.29) is 0 Å². The Morgan fingerprint density at radius 2 is 0.739 bits per heavy atom. The monoisotopic (exact) mass is 396 g/mol. The molecule has 0 saturated heterocycles. The van der Waals surface area contributed by atoms with E-state index in [4.69, 9.17) is 6.99 Å². The van der Waals surface area contributed by atoms with Crippen molar-refractivity contribution in [3.63, 3.8) is 0 Å². The molecule has 2 nitrogen and oxygen atoms in total. The van der Waals surface area contributed by atoms with Crippen molar-refractivity contribution in [1.29, 1.82) is 0 Å². The second kappa shape index (κ2) is 4.92. The molecule has 0 aromatic carbocycles. The average Bonchev–Trinajstić information content (AvgIpc) is 2.43. The van der Waals surface area contributed by atoms with E-state index < -0.39 is 18.2 Å². The third kappa shape index (κ3) is 2.36. The summed E-state index contributed by atoms with van der Waals surface area (Å²) < 4.78 is 10.9. The molecule has 0 atom stereocenters. The minimum absolute atomic E-state index is 0.433. The van der Waals surface area contributed by atoms with E-state index in [1.54, 1.807) is 38.5 Å². The van der Waals surface area contributed by atoms with E-state index in [0.717, 1.165) is 35.5 Å². The van der Waals surface area contributed by atoms with E-state index in [1.807, 2.05) is 0 Å². The maximum absolute atomic E-state index is 5.46. The molecule has 8 saturated carbocycles. The SMILES string of the molecule is C1C2CC3CC1CC([N]=[Mo+2]=[N]C14CC5CC(CC(C5)C1)C4)(C2)C3. The number of hydrogen-bond acceptors (Lipinski definition) is 2. The van der Waals surface area contributed by atoms with Gasteiger partial charge < -0.3 is 0 Å². The molecule has 8 aliphatic rings. The normalized spacial score (nSPS) is 58.3. The van der Waals surface area contributed by atoms with Crippen LogP contribution in [0.4, 0.5) is 0 Å². The van der Waals surface area contributed by atoms with Gasteiger partial charge in [0.1, 0.15) is 0 Å². The second-order valence-electron chi connectivity index (χ2n) is 10.5. The zero-order chi connectivity index (χ0) is 15.1. The van der Waals surface area contributed by atoms with Crippen LogP contribution in [-0.4, -0.2) is 11.1 Å². The van der Waals surface area contributed by atoms with Gasteiger partial charge in [0.25, 0.3) is 0 Å². The molecule has 0 aromatic rings. The number of nitrogens with zero attached hydrogens (tertiary/aromatic N) is 2. The Morgan fingerprint density at radius 1 is 0.478 bits per heavy atom. The van der Waals surface area contributed by atoms with Crippen LogP contribution < -0.4 is 0 Å². The van der Waals surface area contributed by atoms with Gasteiger partial charge >= 0.3 is 149 Å². The van der Waals surface area contributed by atoms with E-state index in [0.29, 0.717) is 11.1 Å². The fraction of sp³-hybridized carbons (Fsp3) is 1.00. The van der Waals surface area contributed by atoms with E-state index in [9.17, 15) is 0 Å². The molecule has 0 heterocycles. The molecule has 3 heteroatoms. The third-order valence-corrected chi connectivity index (χ3v) is 10.8. The Hall–Kier alpha value is 0.288. The molecule has 0 unspecified atom stereocenters. The summed E-state index contributed by atoms with van der Waals surface area (Å²) in [6, 6.07) is 0. The molecular formula is C20H30MoN2+2. The quantitative estimate of drug-likeness (QED) is 0.563.